The van der Waals surface area contributed by atoms with E-state index >= 15 is 0 Å². The summed E-state index contributed by atoms with van der Waals surface area (Å²) < 4.78 is 11.0. The zero-order valence-corrected chi connectivity index (χ0v) is 12.3. The Balaban J connectivity index is 2.31. The Morgan fingerprint density at radius 2 is 2.20 bits per heavy atom. The summed E-state index contributed by atoms with van der Waals surface area (Å²) in [6.45, 7) is 4.62. The second kappa shape index (κ2) is 8.92. The van der Waals surface area contributed by atoms with Crippen molar-refractivity contribution in [2.24, 2.45) is 0 Å². The molecule has 2 N–H and O–H groups in total. The zero-order chi connectivity index (χ0) is 15.0. The molecule has 0 saturated carbocycles. The van der Waals surface area contributed by atoms with E-state index in [1.54, 1.807) is 6.92 Å². The lowest BCUT2D eigenvalue weighted by Crippen LogP contribution is -2.45. The molecule has 0 spiro atoms. The van der Waals surface area contributed by atoms with Crippen LogP contribution < -0.4 is 5.32 Å². The average molecular weight is 287 g/mol. The summed E-state index contributed by atoms with van der Waals surface area (Å²) in [5.41, 5.74) is 0. The summed E-state index contributed by atoms with van der Waals surface area (Å²) in [4.78, 5) is 22.8. The van der Waals surface area contributed by atoms with Gasteiger partial charge >= 0.3 is 5.97 Å². The summed E-state index contributed by atoms with van der Waals surface area (Å²) in [6.07, 6.45) is 3.63. The van der Waals surface area contributed by atoms with Gasteiger partial charge in [-0.15, -0.1) is 0 Å². The number of hydrogen-bond donors (Lipinski definition) is 2. The van der Waals surface area contributed by atoms with E-state index in [4.69, 9.17) is 14.6 Å². The van der Waals surface area contributed by atoms with Gasteiger partial charge in [0.2, 0.25) is 5.91 Å². The lowest BCUT2D eigenvalue weighted by molar-refractivity contribution is -0.145. The second-order valence-electron chi connectivity index (χ2n) is 5.15. The predicted octanol–water partition coefficient (Wildman–Crippen LogP) is 1.33. The van der Waals surface area contributed by atoms with E-state index in [0.29, 0.717) is 19.4 Å². The van der Waals surface area contributed by atoms with Crippen molar-refractivity contribution in [2.75, 3.05) is 13.2 Å². The van der Waals surface area contributed by atoms with Gasteiger partial charge in [-0.3, -0.25) is 4.79 Å². The summed E-state index contributed by atoms with van der Waals surface area (Å²) in [7, 11) is 0. The molecule has 1 aliphatic heterocycles. The van der Waals surface area contributed by atoms with Crippen LogP contribution in [0.5, 0.6) is 0 Å². The first-order chi connectivity index (χ1) is 9.54. The summed E-state index contributed by atoms with van der Waals surface area (Å²) in [5.74, 6) is -1.40. The smallest absolute Gasteiger partial charge is 0.326 e. The van der Waals surface area contributed by atoms with E-state index in [9.17, 15) is 9.59 Å². The third-order valence-corrected chi connectivity index (χ3v) is 3.37. The summed E-state index contributed by atoms with van der Waals surface area (Å²) in [5, 5.41) is 11.5. The molecule has 0 bridgehead atoms. The number of carbonyl (C=O) groups is 2. The quantitative estimate of drug-likeness (QED) is 0.703. The van der Waals surface area contributed by atoms with Gasteiger partial charge in [-0.25, -0.2) is 4.79 Å². The van der Waals surface area contributed by atoms with Gasteiger partial charge in [0, 0.05) is 6.61 Å². The van der Waals surface area contributed by atoms with Crippen LogP contribution in [-0.4, -0.2) is 48.4 Å². The number of carbonyl (C=O) groups excluding carboxylic acids is 1. The van der Waals surface area contributed by atoms with Crippen LogP contribution in [0.4, 0.5) is 0 Å². The van der Waals surface area contributed by atoms with E-state index in [-0.39, 0.29) is 12.0 Å². The van der Waals surface area contributed by atoms with Crippen LogP contribution in [0.15, 0.2) is 0 Å². The van der Waals surface area contributed by atoms with E-state index in [2.05, 4.69) is 5.32 Å². The summed E-state index contributed by atoms with van der Waals surface area (Å²) in [6, 6.07) is -0.843. The van der Waals surface area contributed by atoms with Gasteiger partial charge in [0.25, 0.3) is 0 Å². The number of rotatable bonds is 8. The minimum atomic E-state index is -1.01. The molecule has 1 heterocycles. The molecular weight excluding hydrogens is 262 g/mol. The number of nitrogens with one attached hydrogen (secondary N) is 1. The van der Waals surface area contributed by atoms with Crippen molar-refractivity contribution < 1.29 is 24.2 Å². The van der Waals surface area contributed by atoms with Crippen molar-refractivity contribution in [3.8, 4) is 0 Å². The molecule has 0 aliphatic carbocycles. The van der Waals surface area contributed by atoms with Crippen LogP contribution in [0.1, 0.15) is 46.0 Å². The molecule has 1 fully saturated rings. The zero-order valence-electron chi connectivity index (χ0n) is 12.3. The topological polar surface area (TPSA) is 84.9 Å². The molecule has 3 unspecified atom stereocenters. The maximum Gasteiger partial charge on any atom is 0.326 e. The van der Waals surface area contributed by atoms with Crippen LogP contribution in [0.25, 0.3) is 0 Å². The molecule has 6 nitrogen and oxygen atoms in total. The lowest BCUT2D eigenvalue weighted by Gasteiger charge is -2.24. The first-order valence-electron chi connectivity index (χ1n) is 7.31. The Morgan fingerprint density at radius 3 is 2.75 bits per heavy atom. The van der Waals surface area contributed by atoms with Gasteiger partial charge in [0.05, 0.1) is 12.7 Å². The maximum atomic E-state index is 11.9. The van der Waals surface area contributed by atoms with Crippen molar-refractivity contribution in [2.45, 2.75) is 64.2 Å². The van der Waals surface area contributed by atoms with Crippen molar-refractivity contribution in [1.82, 2.24) is 5.32 Å². The molecule has 0 radical (unpaired) electrons. The lowest BCUT2D eigenvalue weighted by atomic mass is 10.1. The number of hydrogen-bond acceptors (Lipinski definition) is 4. The van der Waals surface area contributed by atoms with E-state index in [1.807, 2.05) is 6.92 Å². The van der Waals surface area contributed by atoms with Gasteiger partial charge < -0.3 is 19.9 Å². The number of amides is 1. The van der Waals surface area contributed by atoms with Crippen molar-refractivity contribution in [3.63, 3.8) is 0 Å². The maximum absolute atomic E-state index is 11.9. The minimum Gasteiger partial charge on any atom is -0.480 e. The van der Waals surface area contributed by atoms with E-state index < -0.39 is 18.1 Å². The third kappa shape index (κ3) is 5.88. The molecule has 1 aliphatic rings. The molecule has 0 aromatic heterocycles. The SMILES string of the molecule is CCCC(NC(=O)C(C)OCC1CCCCO1)C(=O)O. The van der Waals surface area contributed by atoms with Gasteiger partial charge in [0.15, 0.2) is 0 Å². The highest BCUT2D eigenvalue weighted by Crippen LogP contribution is 2.13. The standard InChI is InChI=1S/C14H25NO5/c1-3-6-12(14(17)18)15-13(16)10(2)20-9-11-7-4-5-8-19-11/h10-12H,3-9H2,1-2H3,(H,15,16)(H,17,18). The van der Waals surface area contributed by atoms with Gasteiger partial charge in [-0.1, -0.05) is 13.3 Å². The van der Waals surface area contributed by atoms with Crippen LogP contribution >= 0.6 is 0 Å². The number of carboxylic acids is 1. The fourth-order valence-electron chi connectivity index (χ4n) is 2.10. The molecule has 1 saturated heterocycles. The first-order valence-corrected chi connectivity index (χ1v) is 7.31. The fourth-order valence-corrected chi connectivity index (χ4v) is 2.10. The van der Waals surface area contributed by atoms with Crippen molar-refractivity contribution >= 4 is 11.9 Å². The molecule has 3 atom stereocenters. The minimum absolute atomic E-state index is 0.0462. The highest BCUT2D eigenvalue weighted by atomic mass is 16.5. The van der Waals surface area contributed by atoms with E-state index in [1.165, 1.54) is 0 Å². The van der Waals surface area contributed by atoms with Crippen LogP contribution in [-0.2, 0) is 19.1 Å². The number of aliphatic carboxylic acids is 1. The monoisotopic (exact) mass is 287 g/mol. The average Bonchev–Trinajstić information content (AvgIpc) is 2.45. The predicted molar refractivity (Wildman–Crippen MR) is 73.5 cm³/mol. The number of carboxylic acid groups (broad SMARTS) is 1. The Morgan fingerprint density at radius 1 is 1.45 bits per heavy atom. The Labute approximate surface area is 119 Å². The van der Waals surface area contributed by atoms with Crippen molar-refractivity contribution in [3.05, 3.63) is 0 Å². The molecule has 20 heavy (non-hydrogen) atoms. The fraction of sp³-hybridized carbons (Fsp3) is 0.857. The first kappa shape index (κ1) is 16.9. The normalized spacial score (nSPS) is 22.0. The number of ether oxygens (including phenoxy) is 2. The van der Waals surface area contributed by atoms with Gasteiger partial charge in [-0.05, 0) is 32.6 Å². The molecule has 6 heteroatoms. The third-order valence-electron chi connectivity index (χ3n) is 3.37. The molecular formula is C14H25NO5. The molecule has 116 valence electrons. The molecule has 1 amide bonds. The molecule has 1 rings (SSSR count). The molecule has 0 aromatic carbocycles. The summed E-state index contributed by atoms with van der Waals surface area (Å²) >= 11 is 0. The second-order valence-corrected chi connectivity index (χ2v) is 5.15. The Hall–Kier alpha value is -1.14. The Kier molecular flexibility index (Phi) is 7.54. The largest absolute Gasteiger partial charge is 0.480 e. The van der Waals surface area contributed by atoms with Crippen LogP contribution in [0.3, 0.4) is 0 Å². The van der Waals surface area contributed by atoms with E-state index in [0.717, 1.165) is 25.9 Å². The van der Waals surface area contributed by atoms with Gasteiger partial charge in [-0.2, -0.15) is 0 Å². The van der Waals surface area contributed by atoms with Crippen LogP contribution in [0, 0.1) is 0 Å². The van der Waals surface area contributed by atoms with Crippen molar-refractivity contribution in [1.29, 1.82) is 0 Å². The van der Waals surface area contributed by atoms with Crippen LogP contribution in [0.2, 0.25) is 0 Å². The highest BCUT2D eigenvalue weighted by molar-refractivity contribution is 5.86. The highest BCUT2D eigenvalue weighted by Gasteiger charge is 2.23. The molecule has 0 aromatic rings. The van der Waals surface area contributed by atoms with Gasteiger partial charge in [0.1, 0.15) is 12.1 Å². The Bertz CT molecular complexity index is 315.